The van der Waals surface area contributed by atoms with Crippen molar-refractivity contribution < 1.29 is 24.4 Å². The Bertz CT molecular complexity index is 926. The van der Waals surface area contributed by atoms with E-state index >= 15 is 0 Å². The van der Waals surface area contributed by atoms with Crippen molar-refractivity contribution in [1.82, 2.24) is 4.90 Å². The van der Waals surface area contributed by atoms with Crippen LogP contribution in [-0.4, -0.2) is 76.9 Å². The predicted octanol–water partition coefficient (Wildman–Crippen LogP) is 2.65. The molecule has 2 fully saturated rings. The SMILES string of the molecule is Cc1cc(C)cc(OC[C@@]2(O)CN(CC3(O)CCN(c4ccc(F)cc4)CC3)CC[C@@H]2O)c1. The Labute approximate surface area is 195 Å². The van der Waals surface area contributed by atoms with Crippen molar-refractivity contribution in [2.75, 3.05) is 44.2 Å². The second-order valence-corrected chi connectivity index (χ2v) is 9.92. The number of piperidine rings is 2. The molecule has 0 spiro atoms. The summed E-state index contributed by atoms with van der Waals surface area (Å²) in [5, 5.41) is 33.0. The van der Waals surface area contributed by atoms with Crippen molar-refractivity contribution >= 4 is 5.69 Å². The predicted molar refractivity (Wildman–Crippen MR) is 126 cm³/mol. The molecule has 2 aliphatic rings. The molecule has 2 aromatic rings. The van der Waals surface area contributed by atoms with Gasteiger partial charge in [0, 0.05) is 38.4 Å². The number of benzene rings is 2. The third-order valence-electron chi connectivity index (χ3n) is 6.92. The van der Waals surface area contributed by atoms with Crippen LogP contribution in [0, 0.1) is 19.7 Å². The normalized spacial score (nSPS) is 25.8. The Morgan fingerprint density at radius 1 is 1.00 bits per heavy atom. The first-order valence-corrected chi connectivity index (χ1v) is 11.7. The molecule has 4 rings (SSSR count). The number of hydrogen-bond acceptors (Lipinski definition) is 6. The molecule has 7 heteroatoms. The first-order valence-electron chi connectivity index (χ1n) is 11.7. The summed E-state index contributed by atoms with van der Waals surface area (Å²) < 4.78 is 19.1. The first-order chi connectivity index (χ1) is 15.6. The lowest BCUT2D eigenvalue weighted by Gasteiger charge is -2.46. The van der Waals surface area contributed by atoms with Gasteiger partial charge in [-0.15, -0.1) is 0 Å². The van der Waals surface area contributed by atoms with Gasteiger partial charge in [-0.2, -0.15) is 0 Å². The molecule has 3 N–H and O–H groups in total. The fourth-order valence-electron chi connectivity index (χ4n) is 5.05. The van der Waals surface area contributed by atoms with Crippen molar-refractivity contribution in [3.8, 4) is 5.75 Å². The Balaban J connectivity index is 1.34. The quantitative estimate of drug-likeness (QED) is 0.618. The molecule has 180 valence electrons. The standard InChI is InChI=1S/C26H35FN2O4/c1-19-13-20(2)15-23(14-19)33-18-26(32)17-28(10-7-24(26)30)16-25(31)8-11-29(12-9-25)22-5-3-21(27)4-6-22/h3-6,13-15,24,30-32H,7-12,16-18H2,1-2H3/t24-,26-/m0/s1. The summed E-state index contributed by atoms with van der Waals surface area (Å²) in [6, 6.07) is 12.3. The maximum Gasteiger partial charge on any atom is 0.137 e. The fraction of sp³-hybridized carbons (Fsp3) is 0.538. The Hall–Kier alpha value is -2.19. The van der Waals surface area contributed by atoms with E-state index in [0.717, 1.165) is 16.8 Å². The lowest BCUT2D eigenvalue weighted by molar-refractivity contribution is -0.149. The number of rotatable bonds is 6. The van der Waals surface area contributed by atoms with Crippen molar-refractivity contribution in [3.63, 3.8) is 0 Å². The number of nitrogens with zero attached hydrogens (tertiary/aromatic N) is 2. The summed E-state index contributed by atoms with van der Waals surface area (Å²) in [4.78, 5) is 4.19. The number of anilines is 1. The maximum absolute atomic E-state index is 13.2. The number of aliphatic hydroxyl groups is 3. The Morgan fingerprint density at radius 2 is 1.64 bits per heavy atom. The van der Waals surface area contributed by atoms with Crippen LogP contribution < -0.4 is 9.64 Å². The van der Waals surface area contributed by atoms with Crippen LogP contribution in [-0.2, 0) is 0 Å². The molecule has 2 heterocycles. The van der Waals surface area contributed by atoms with E-state index < -0.39 is 17.3 Å². The molecule has 0 aliphatic carbocycles. The van der Waals surface area contributed by atoms with Gasteiger partial charge in [-0.25, -0.2) is 4.39 Å². The van der Waals surface area contributed by atoms with Crippen LogP contribution in [0.4, 0.5) is 10.1 Å². The summed E-state index contributed by atoms with van der Waals surface area (Å²) >= 11 is 0. The van der Waals surface area contributed by atoms with Crippen molar-refractivity contribution in [3.05, 3.63) is 59.4 Å². The number of hydrogen-bond donors (Lipinski definition) is 3. The lowest BCUT2D eigenvalue weighted by Crippen LogP contribution is -2.62. The fourth-order valence-corrected chi connectivity index (χ4v) is 5.05. The molecular formula is C26H35FN2O4. The van der Waals surface area contributed by atoms with Crippen LogP contribution in [0.2, 0.25) is 0 Å². The third kappa shape index (κ3) is 5.84. The highest BCUT2D eigenvalue weighted by Gasteiger charge is 2.44. The molecule has 0 unspecified atom stereocenters. The Kier molecular flexibility index (Phi) is 6.96. The van der Waals surface area contributed by atoms with Gasteiger partial charge in [0.2, 0.25) is 0 Å². The number of likely N-dealkylation sites (tertiary alicyclic amines) is 1. The summed E-state index contributed by atoms with van der Waals surface area (Å²) in [5.41, 5.74) is 0.849. The van der Waals surface area contributed by atoms with E-state index in [0.29, 0.717) is 51.2 Å². The van der Waals surface area contributed by atoms with E-state index in [9.17, 15) is 19.7 Å². The molecule has 0 bridgehead atoms. The van der Waals surface area contributed by atoms with Crippen LogP contribution in [0.15, 0.2) is 42.5 Å². The van der Waals surface area contributed by atoms with Gasteiger partial charge in [0.05, 0.1) is 11.7 Å². The number of ether oxygens (including phenoxy) is 1. The van der Waals surface area contributed by atoms with E-state index in [1.165, 1.54) is 12.1 Å². The average Bonchev–Trinajstić information content (AvgIpc) is 2.76. The van der Waals surface area contributed by atoms with E-state index in [1.54, 1.807) is 12.1 Å². The van der Waals surface area contributed by atoms with Crippen molar-refractivity contribution in [1.29, 1.82) is 0 Å². The van der Waals surface area contributed by atoms with Crippen LogP contribution in [0.25, 0.3) is 0 Å². The zero-order valence-corrected chi connectivity index (χ0v) is 19.5. The molecule has 0 amide bonds. The summed E-state index contributed by atoms with van der Waals surface area (Å²) in [6.07, 6.45) is 0.710. The lowest BCUT2D eigenvalue weighted by atomic mass is 9.86. The zero-order chi connectivity index (χ0) is 23.6. The zero-order valence-electron chi connectivity index (χ0n) is 19.5. The minimum atomic E-state index is -1.40. The molecule has 0 saturated carbocycles. The molecule has 0 aromatic heterocycles. The van der Waals surface area contributed by atoms with Crippen LogP contribution >= 0.6 is 0 Å². The first kappa shape index (κ1) is 24.0. The number of halogens is 1. The van der Waals surface area contributed by atoms with Crippen LogP contribution in [0.1, 0.15) is 30.4 Å². The van der Waals surface area contributed by atoms with Gasteiger partial charge in [0.25, 0.3) is 0 Å². The average molecular weight is 459 g/mol. The highest BCUT2D eigenvalue weighted by molar-refractivity contribution is 5.46. The molecule has 2 aliphatic heterocycles. The number of aliphatic hydroxyl groups excluding tert-OH is 1. The summed E-state index contributed by atoms with van der Waals surface area (Å²) in [5.74, 6) is 0.422. The molecule has 33 heavy (non-hydrogen) atoms. The Morgan fingerprint density at radius 3 is 2.27 bits per heavy atom. The molecule has 0 radical (unpaired) electrons. The van der Waals surface area contributed by atoms with Gasteiger partial charge in [-0.05, 0) is 80.6 Å². The molecule has 2 aromatic carbocycles. The molecule has 6 nitrogen and oxygen atoms in total. The highest BCUT2D eigenvalue weighted by atomic mass is 19.1. The van der Waals surface area contributed by atoms with Gasteiger partial charge < -0.3 is 25.0 Å². The van der Waals surface area contributed by atoms with Crippen molar-refractivity contribution in [2.24, 2.45) is 0 Å². The van der Waals surface area contributed by atoms with Gasteiger partial charge in [-0.3, -0.25) is 4.90 Å². The maximum atomic E-state index is 13.2. The minimum absolute atomic E-state index is 0.00959. The van der Waals surface area contributed by atoms with E-state index in [1.807, 2.05) is 30.9 Å². The summed E-state index contributed by atoms with van der Waals surface area (Å²) in [7, 11) is 0. The van der Waals surface area contributed by atoms with Gasteiger partial charge in [0.1, 0.15) is 23.8 Å². The van der Waals surface area contributed by atoms with Crippen molar-refractivity contribution in [2.45, 2.75) is 50.4 Å². The third-order valence-corrected chi connectivity index (χ3v) is 6.92. The second-order valence-electron chi connectivity index (χ2n) is 9.92. The molecular weight excluding hydrogens is 423 g/mol. The number of aryl methyl sites for hydroxylation is 2. The van der Waals surface area contributed by atoms with Gasteiger partial charge in [0.15, 0.2) is 0 Å². The van der Waals surface area contributed by atoms with E-state index in [-0.39, 0.29) is 19.0 Å². The largest absolute Gasteiger partial charge is 0.490 e. The molecule has 2 saturated heterocycles. The van der Waals surface area contributed by atoms with Crippen LogP contribution in [0.3, 0.4) is 0 Å². The minimum Gasteiger partial charge on any atom is -0.490 e. The van der Waals surface area contributed by atoms with E-state index in [4.69, 9.17) is 4.74 Å². The monoisotopic (exact) mass is 458 g/mol. The topological polar surface area (TPSA) is 76.4 Å². The highest BCUT2D eigenvalue weighted by Crippen LogP contribution is 2.30. The smallest absolute Gasteiger partial charge is 0.137 e. The van der Waals surface area contributed by atoms with Crippen LogP contribution in [0.5, 0.6) is 5.75 Å². The number of β-amino-alcohol motifs (C(OH)–C–C–N with tert-alkyl or cyclic N) is 2. The molecule has 2 atom stereocenters. The van der Waals surface area contributed by atoms with Gasteiger partial charge in [-0.1, -0.05) is 6.07 Å². The summed E-state index contributed by atoms with van der Waals surface area (Å²) in [6.45, 7) is 6.62. The van der Waals surface area contributed by atoms with E-state index in [2.05, 4.69) is 11.0 Å². The second kappa shape index (κ2) is 9.58. The van der Waals surface area contributed by atoms with Gasteiger partial charge >= 0.3 is 0 Å².